The average Bonchev–Trinajstić information content (AvgIpc) is 2.44. The van der Waals surface area contributed by atoms with Gasteiger partial charge in [0.1, 0.15) is 11.8 Å². The minimum atomic E-state index is -1.01. The Balaban J connectivity index is 2.67. The summed E-state index contributed by atoms with van der Waals surface area (Å²) in [5.41, 5.74) is 0.987. The number of aliphatic carboxylic acids is 1. The van der Waals surface area contributed by atoms with Gasteiger partial charge in [0.05, 0.1) is 7.11 Å². The fraction of sp³-hybridized carbons (Fsp3) is 0.500. The van der Waals surface area contributed by atoms with Crippen LogP contribution in [-0.2, 0) is 9.59 Å². The maximum atomic E-state index is 12.0. The molecule has 0 fully saturated rings. The molecule has 1 aromatic carbocycles. The molecule has 0 saturated heterocycles. The van der Waals surface area contributed by atoms with Crippen molar-refractivity contribution < 1.29 is 19.4 Å². The maximum Gasteiger partial charge on any atom is 0.326 e. The van der Waals surface area contributed by atoms with Crippen LogP contribution in [0.15, 0.2) is 24.3 Å². The zero-order chi connectivity index (χ0) is 16.0. The summed E-state index contributed by atoms with van der Waals surface area (Å²) in [5, 5.41) is 11.7. The lowest BCUT2D eigenvalue weighted by Crippen LogP contribution is -2.44. The number of hydrogen-bond donors (Lipinski definition) is 2. The molecular formula is C16H23NO4. The smallest absolute Gasteiger partial charge is 0.326 e. The number of amides is 1. The number of carboxylic acid groups (broad SMARTS) is 1. The van der Waals surface area contributed by atoms with Crippen molar-refractivity contribution in [3.8, 4) is 5.75 Å². The van der Waals surface area contributed by atoms with E-state index in [1.165, 1.54) is 0 Å². The van der Waals surface area contributed by atoms with E-state index in [9.17, 15) is 9.59 Å². The maximum absolute atomic E-state index is 12.0. The summed E-state index contributed by atoms with van der Waals surface area (Å²) in [6, 6.07) is 6.67. The molecule has 1 amide bonds. The third-order valence-corrected chi connectivity index (χ3v) is 3.40. The van der Waals surface area contributed by atoms with Gasteiger partial charge in [0.15, 0.2) is 0 Å². The fourth-order valence-corrected chi connectivity index (χ4v) is 2.09. The van der Waals surface area contributed by atoms with Gasteiger partial charge in [-0.1, -0.05) is 32.9 Å². The van der Waals surface area contributed by atoms with E-state index in [4.69, 9.17) is 9.84 Å². The summed E-state index contributed by atoms with van der Waals surface area (Å²) in [6.07, 6.45) is 0.240. The summed E-state index contributed by atoms with van der Waals surface area (Å²) in [5.74, 6) is -0.690. The SMILES string of the molecule is COc1cccc(C(C)CC(=O)N[C@@H](C(=O)O)C(C)C)c1. The van der Waals surface area contributed by atoms with Gasteiger partial charge in [-0.05, 0) is 29.5 Å². The second-order valence-corrected chi connectivity index (χ2v) is 5.51. The number of carbonyl (C=O) groups is 2. The van der Waals surface area contributed by atoms with Crippen LogP contribution in [0.4, 0.5) is 0 Å². The van der Waals surface area contributed by atoms with Crippen molar-refractivity contribution in [1.29, 1.82) is 0 Å². The van der Waals surface area contributed by atoms with Crippen LogP contribution in [0, 0.1) is 5.92 Å². The molecular weight excluding hydrogens is 270 g/mol. The van der Waals surface area contributed by atoms with Gasteiger partial charge in [0.25, 0.3) is 0 Å². The van der Waals surface area contributed by atoms with Crippen LogP contribution < -0.4 is 10.1 Å². The fourth-order valence-electron chi connectivity index (χ4n) is 2.09. The van der Waals surface area contributed by atoms with E-state index in [1.54, 1.807) is 21.0 Å². The predicted molar refractivity (Wildman–Crippen MR) is 80.4 cm³/mol. The third-order valence-electron chi connectivity index (χ3n) is 3.40. The predicted octanol–water partition coefficient (Wildman–Crippen LogP) is 2.41. The quantitative estimate of drug-likeness (QED) is 0.809. The van der Waals surface area contributed by atoms with E-state index in [0.717, 1.165) is 11.3 Å². The molecule has 116 valence electrons. The van der Waals surface area contributed by atoms with Gasteiger partial charge in [0.2, 0.25) is 5.91 Å². The van der Waals surface area contributed by atoms with Crippen LogP contribution in [0.1, 0.15) is 38.7 Å². The second kappa shape index (κ2) is 7.67. The minimum Gasteiger partial charge on any atom is -0.497 e. The zero-order valence-corrected chi connectivity index (χ0v) is 12.9. The summed E-state index contributed by atoms with van der Waals surface area (Å²) in [7, 11) is 1.59. The molecule has 5 heteroatoms. The molecule has 0 aliphatic rings. The highest BCUT2D eigenvalue weighted by molar-refractivity contribution is 5.84. The van der Waals surface area contributed by atoms with Gasteiger partial charge in [-0.15, -0.1) is 0 Å². The van der Waals surface area contributed by atoms with Crippen molar-refractivity contribution in [3.63, 3.8) is 0 Å². The van der Waals surface area contributed by atoms with E-state index in [-0.39, 0.29) is 24.2 Å². The van der Waals surface area contributed by atoms with Gasteiger partial charge >= 0.3 is 5.97 Å². The summed E-state index contributed by atoms with van der Waals surface area (Å²) >= 11 is 0. The number of hydrogen-bond acceptors (Lipinski definition) is 3. The van der Waals surface area contributed by atoms with E-state index in [0.29, 0.717) is 0 Å². The highest BCUT2D eigenvalue weighted by Gasteiger charge is 2.24. The average molecular weight is 293 g/mol. The molecule has 0 saturated carbocycles. The molecule has 2 atom stereocenters. The number of carbonyl (C=O) groups excluding carboxylic acids is 1. The number of rotatable bonds is 7. The van der Waals surface area contributed by atoms with Crippen LogP contribution in [0.2, 0.25) is 0 Å². The van der Waals surface area contributed by atoms with Crippen LogP contribution in [0.5, 0.6) is 5.75 Å². The number of ether oxygens (including phenoxy) is 1. The van der Waals surface area contributed by atoms with Crippen molar-refractivity contribution in [2.75, 3.05) is 7.11 Å². The van der Waals surface area contributed by atoms with E-state index >= 15 is 0 Å². The van der Waals surface area contributed by atoms with Crippen molar-refractivity contribution in [3.05, 3.63) is 29.8 Å². The normalized spacial score (nSPS) is 13.6. The van der Waals surface area contributed by atoms with Gasteiger partial charge in [0, 0.05) is 6.42 Å². The molecule has 0 aliphatic carbocycles. The Labute approximate surface area is 125 Å². The number of carboxylic acids is 1. The van der Waals surface area contributed by atoms with Crippen LogP contribution >= 0.6 is 0 Å². The third kappa shape index (κ3) is 5.10. The molecule has 1 unspecified atom stereocenters. The van der Waals surface area contributed by atoms with Crippen molar-refractivity contribution in [1.82, 2.24) is 5.32 Å². The Bertz CT molecular complexity index is 499. The van der Waals surface area contributed by atoms with E-state index in [1.807, 2.05) is 31.2 Å². The molecule has 5 nitrogen and oxygen atoms in total. The first-order valence-corrected chi connectivity index (χ1v) is 7.01. The second-order valence-electron chi connectivity index (χ2n) is 5.51. The molecule has 0 spiro atoms. The Morgan fingerprint density at radius 2 is 1.95 bits per heavy atom. The molecule has 1 aromatic rings. The Morgan fingerprint density at radius 3 is 2.48 bits per heavy atom. The Kier molecular flexibility index (Phi) is 6.21. The Morgan fingerprint density at radius 1 is 1.29 bits per heavy atom. The number of nitrogens with one attached hydrogen (secondary N) is 1. The van der Waals surface area contributed by atoms with Crippen molar-refractivity contribution in [2.45, 2.75) is 39.2 Å². The molecule has 0 aliphatic heterocycles. The van der Waals surface area contributed by atoms with Crippen molar-refractivity contribution >= 4 is 11.9 Å². The highest BCUT2D eigenvalue weighted by atomic mass is 16.5. The number of methoxy groups -OCH3 is 1. The first kappa shape index (κ1) is 17.0. The van der Waals surface area contributed by atoms with Crippen LogP contribution in [0.25, 0.3) is 0 Å². The largest absolute Gasteiger partial charge is 0.497 e. The van der Waals surface area contributed by atoms with E-state index < -0.39 is 12.0 Å². The van der Waals surface area contributed by atoms with Crippen LogP contribution in [-0.4, -0.2) is 30.1 Å². The molecule has 0 heterocycles. The summed E-state index contributed by atoms with van der Waals surface area (Å²) in [4.78, 5) is 23.1. The summed E-state index contributed by atoms with van der Waals surface area (Å²) < 4.78 is 5.16. The van der Waals surface area contributed by atoms with Gasteiger partial charge in [-0.25, -0.2) is 4.79 Å². The van der Waals surface area contributed by atoms with Crippen LogP contribution in [0.3, 0.4) is 0 Å². The van der Waals surface area contributed by atoms with Gasteiger partial charge < -0.3 is 15.2 Å². The molecule has 0 aromatic heterocycles. The lowest BCUT2D eigenvalue weighted by Gasteiger charge is -2.19. The molecule has 2 N–H and O–H groups in total. The summed E-state index contributed by atoms with van der Waals surface area (Å²) in [6.45, 7) is 5.47. The lowest BCUT2D eigenvalue weighted by atomic mass is 9.96. The standard InChI is InChI=1S/C16H23NO4/c1-10(2)15(16(19)20)17-14(18)8-11(3)12-6-5-7-13(9-12)21-4/h5-7,9-11,15H,8H2,1-4H3,(H,17,18)(H,19,20)/t11?,15-/m1/s1. The zero-order valence-electron chi connectivity index (χ0n) is 12.9. The molecule has 0 radical (unpaired) electrons. The van der Waals surface area contributed by atoms with Gasteiger partial charge in [-0.3, -0.25) is 4.79 Å². The number of benzene rings is 1. The molecule has 21 heavy (non-hydrogen) atoms. The first-order chi connectivity index (χ1) is 9.85. The monoisotopic (exact) mass is 293 g/mol. The highest BCUT2D eigenvalue weighted by Crippen LogP contribution is 2.23. The molecule has 1 rings (SSSR count). The van der Waals surface area contributed by atoms with Crippen molar-refractivity contribution in [2.24, 2.45) is 5.92 Å². The topological polar surface area (TPSA) is 75.6 Å². The minimum absolute atomic E-state index is 0.0123. The first-order valence-electron chi connectivity index (χ1n) is 7.01. The van der Waals surface area contributed by atoms with Gasteiger partial charge in [-0.2, -0.15) is 0 Å². The van der Waals surface area contributed by atoms with E-state index in [2.05, 4.69) is 5.32 Å². The lowest BCUT2D eigenvalue weighted by molar-refractivity contribution is -0.143. The Hall–Kier alpha value is -2.04. The molecule has 0 bridgehead atoms.